The quantitative estimate of drug-likeness (QED) is 0.0199. The third-order valence-corrected chi connectivity index (χ3v) is 20.0. The molecule has 1 amide bonds. The molecule has 3 aliphatic heterocycles. The second kappa shape index (κ2) is 61.6. The predicted octanol–water partition coefficient (Wildman–Crippen LogP) is 13.5. The van der Waals surface area contributed by atoms with Crippen molar-refractivity contribution in [2.45, 2.75) is 420 Å². The Balaban J connectivity index is 1.30. The van der Waals surface area contributed by atoms with Crippen molar-refractivity contribution in [3.05, 3.63) is 60.8 Å². The van der Waals surface area contributed by atoms with Gasteiger partial charge in [-0.05, 0) is 77.0 Å². The molecule has 0 aliphatic carbocycles. The molecule has 19 heteroatoms. The normalized spacial score (nSPS) is 26.8. The van der Waals surface area contributed by atoms with Gasteiger partial charge in [0, 0.05) is 6.42 Å². The Morgan fingerprint density at radius 3 is 1.06 bits per heavy atom. The molecular formula is C81H147NO18. The number of carbonyl (C=O) groups is 1. The van der Waals surface area contributed by atoms with Crippen LogP contribution in [0.5, 0.6) is 0 Å². The second-order valence-corrected chi connectivity index (χ2v) is 28.9. The molecule has 0 aromatic carbocycles. The Morgan fingerprint density at radius 2 is 0.670 bits per heavy atom. The van der Waals surface area contributed by atoms with E-state index in [0.29, 0.717) is 12.8 Å². The molecule has 19 nitrogen and oxygen atoms in total. The summed E-state index contributed by atoms with van der Waals surface area (Å²) in [6.07, 6.45) is 52.4. The highest BCUT2D eigenvalue weighted by Gasteiger charge is 2.54. The van der Waals surface area contributed by atoms with Gasteiger partial charge in [-0.2, -0.15) is 0 Å². The summed E-state index contributed by atoms with van der Waals surface area (Å²) in [7, 11) is 0. The van der Waals surface area contributed by atoms with Crippen molar-refractivity contribution in [3.63, 3.8) is 0 Å². The number of amides is 1. The molecule has 0 saturated carbocycles. The molecule has 3 aliphatic rings. The highest BCUT2D eigenvalue weighted by molar-refractivity contribution is 5.76. The molecule has 0 aromatic heterocycles. The topological polar surface area (TPSA) is 307 Å². The Morgan fingerprint density at radius 1 is 0.360 bits per heavy atom. The maximum absolute atomic E-state index is 13.4. The van der Waals surface area contributed by atoms with Crippen molar-refractivity contribution in [3.8, 4) is 0 Å². The molecule has 0 bridgehead atoms. The Kier molecular flexibility index (Phi) is 56.5. The van der Waals surface area contributed by atoms with Gasteiger partial charge in [0.1, 0.15) is 73.2 Å². The summed E-state index contributed by atoms with van der Waals surface area (Å²) < 4.78 is 34.4. The third kappa shape index (κ3) is 41.4. The summed E-state index contributed by atoms with van der Waals surface area (Å²) in [4.78, 5) is 13.4. The molecule has 17 unspecified atom stereocenters. The van der Waals surface area contributed by atoms with Gasteiger partial charge < -0.3 is 89.9 Å². The summed E-state index contributed by atoms with van der Waals surface area (Å²) in [5.74, 6) is -0.286. The number of aliphatic hydroxyl groups excluding tert-OH is 11. The largest absolute Gasteiger partial charge is 0.394 e. The zero-order valence-electron chi connectivity index (χ0n) is 62.4. The van der Waals surface area contributed by atoms with Crippen LogP contribution in [-0.2, 0) is 33.2 Å². The van der Waals surface area contributed by atoms with E-state index in [9.17, 15) is 61.0 Å². The van der Waals surface area contributed by atoms with E-state index in [1.807, 2.05) is 6.08 Å². The van der Waals surface area contributed by atoms with Gasteiger partial charge in [-0.15, -0.1) is 0 Å². The SMILES string of the molecule is CCCCCCC/C=C\C/C=C\CCCCCCCCCCCCCCCCCCCCCCCCCCCCCC(=O)NC(COC1OC(CO)C(OC2OC(CO)C(OC3OC(CO)C(O)C(O)C3O)C(O)C2O)C(O)C1O)C(O)/C=C/CC/C=C/CC/C=C/CCCCCCCC. The highest BCUT2D eigenvalue weighted by atomic mass is 16.8. The molecule has 12 N–H and O–H groups in total. The standard InChI is InChI=1S/C81H147NO18/c1-3-5-7-9-11-13-15-17-19-21-22-23-24-25-26-27-28-29-30-31-32-33-34-35-36-37-38-39-40-41-42-43-45-47-49-51-53-55-57-59-69(87)82-64(65(86)58-56-54-52-50-48-46-44-20-18-16-14-12-10-8-6-4-2)63-95-79-75(93)72(90)77(67(61-84)97-79)100-81-76(94)73(91)78(68(62-85)98-81)99-80-74(92)71(89)70(88)66(60-83)96-80/h15,17-18,20-22,48,50,56,58,64-68,70-81,83-86,88-94H,3-14,16,19,23-47,49,51-55,57,59-63H2,1-2H3,(H,82,87)/b17-15-,20-18+,22-21-,50-48+,58-56+. The molecule has 584 valence electrons. The van der Waals surface area contributed by atoms with Gasteiger partial charge in [0.15, 0.2) is 18.9 Å². The Bertz CT molecular complexity index is 2040. The van der Waals surface area contributed by atoms with Crippen molar-refractivity contribution < 1.29 is 89.4 Å². The number of nitrogens with one attached hydrogen (secondary N) is 1. The first-order chi connectivity index (χ1) is 48.8. The number of hydrogen-bond acceptors (Lipinski definition) is 18. The Hall–Kier alpha value is -2.51. The molecule has 17 atom stereocenters. The van der Waals surface area contributed by atoms with E-state index in [0.717, 1.165) is 51.4 Å². The smallest absolute Gasteiger partial charge is 0.220 e. The maximum atomic E-state index is 13.4. The van der Waals surface area contributed by atoms with Crippen molar-refractivity contribution in [2.24, 2.45) is 0 Å². The van der Waals surface area contributed by atoms with E-state index in [4.69, 9.17) is 28.4 Å². The van der Waals surface area contributed by atoms with E-state index in [-0.39, 0.29) is 18.9 Å². The number of rotatable bonds is 64. The summed E-state index contributed by atoms with van der Waals surface area (Å²) >= 11 is 0. The van der Waals surface area contributed by atoms with Gasteiger partial charge >= 0.3 is 0 Å². The van der Waals surface area contributed by atoms with E-state index < -0.39 is 124 Å². The van der Waals surface area contributed by atoms with E-state index in [2.05, 4.69) is 67.8 Å². The lowest BCUT2D eigenvalue weighted by atomic mass is 9.96. The predicted molar refractivity (Wildman–Crippen MR) is 397 cm³/mol. The minimum absolute atomic E-state index is 0.234. The van der Waals surface area contributed by atoms with Crippen LogP contribution in [0, 0.1) is 0 Å². The molecule has 3 heterocycles. The van der Waals surface area contributed by atoms with Crippen LogP contribution in [-0.4, -0.2) is 193 Å². The van der Waals surface area contributed by atoms with Crippen LogP contribution in [0.25, 0.3) is 0 Å². The number of allylic oxidation sites excluding steroid dienone is 9. The summed E-state index contributed by atoms with van der Waals surface area (Å²) in [6, 6.07) is -0.997. The van der Waals surface area contributed by atoms with Crippen molar-refractivity contribution in [1.82, 2.24) is 5.32 Å². The minimum atomic E-state index is -1.98. The maximum Gasteiger partial charge on any atom is 0.220 e. The van der Waals surface area contributed by atoms with Crippen LogP contribution in [0.2, 0.25) is 0 Å². The second-order valence-electron chi connectivity index (χ2n) is 28.9. The van der Waals surface area contributed by atoms with Crippen LogP contribution in [0.3, 0.4) is 0 Å². The van der Waals surface area contributed by atoms with Crippen molar-refractivity contribution in [2.75, 3.05) is 26.4 Å². The third-order valence-electron chi connectivity index (χ3n) is 20.0. The fraction of sp³-hybridized carbons (Fsp3) is 0.864. The number of unbranched alkanes of at least 4 members (excludes halogenated alkanes) is 40. The molecule has 0 spiro atoms. The lowest BCUT2D eigenvalue weighted by molar-refractivity contribution is -0.379. The highest BCUT2D eigenvalue weighted by Crippen LogP contribution is 2.33. The van der Waals surface area contributed by atoms with Gasteiger partial charge in [0.25, 0.3) is 0 Å². The van der Waals surface area contributed by atoms with Gasteiger partial charge in [0.05, 0.1) is 38.6 Å². The number of carbonyl (C=O) groups excluding carboxylic acids is 1. The zero-order chi connectivity index (χ0) is 72.5. The fourth-order valence-corrected chi connectivity index (χ4v) is 13.5. The monoisotopic (exact) mass is 1420 g/mol. The van der Waals surface area contributed by atoms with E-state index in [1.54, 1.807) is 6.08 Å². The lowest BCUT2D eigenvalue weighted by Crippen LogP contribution is -2.66. The molecular weight excluding hydrogens is 1270 g/mol. The average molecular weight is 1420 g/mol. The first-order valence-corrected chi connectivity index (χ1v) is 40.5. The first kappa shape index (κ1) is 91.7. The summed E-state index contributed by atoms with van der Waals surface area (Å²) in [6.45, 7) is 1.71. The number of aliphatic hydroxyl groups is 11. The van der Waals surface area contributed by atoms with Crippen LogP contribution < -0.4 is 5.32 Å². The van der Waals surface area contributed by atoms with Crippen molar-refractivity contribution in [1.29, 1.82) is 0 Å². The van der Waals surface area contributed by atoms with Gasteiger partial charge in [-0.3, -0.25) is 4.79 Å². The summed E-state index contributed by atoms with van der Waals surface area (Å²) in [5, 5.41) is 121. The van der Waals surface area contributed by atoms with Gasteiger partial charge in [0.2, 0.25) is 5.91 Å². The van der Waals surface area contributed by atoms with Crippen LogP contribution in [0.4, 0.5) is 0 Å². The molecule has 3 saturated heterocycles. The van der Waals surface area contributed by atoms with Crippen LogP contribution in [0.15, 0.2) is 60.8 Å². The Labute approximate surface area is 605 Å². The van der Waals surface area contributed by atoms with Crippen molar-refractivity contribution >= 4 is 5.91 Å². The van der Waals surface area contributed by atoms with Crippen LogP contribution in [0.1, 0.15) is 316 Å². The van der Waals surface area contributed by atoms with E-state index in [1.165, 1.54) is 231 Å². The fourth-order valence-electron chi connectivity index (χ4n) is 13.5. The molecule has 3 rings (SSSR count). The molecule has 0 radical (unpaired) electrons. The average Bonchev–Trinajstić information content (AvgIpc) is 0.784. The molecule has 100 heavy (non-hydrogen) atoms. The van der Waals surface area contributed by atoms with Gasteiger partial charge in [-0.1, -0.05) is 293 Å². The lowest BCUT2D eigenvalue weighted by Gasteiger charge is -2.48. The first-order valence-electron chi connectivity index (χ1n) is 40.5. The number of ether oxygens (including phenoxy) is 6. The number of hydrogen-bond donors (Lipinski definition) is 12. The van der Waals surface area contributed by atoms with E-state index >= 15 is 0 Å². The zero-order valence-corrected chi connectivity index (χ0v) is 62.4. The van der Waals surface area contributed by atoms with Crippen LogP contribution >= 0.6 is 0 Å². The molecule has 0 aromatic rings. The molecule has 3 fully saturated rings. The summed E-state index contributed by atoms with van der Waals surface area (Å²) in [5.41, 5.74) is 0. The van der Waals surface area contributed by atoms with Gasteiger partial charge in [-0.25, -0.2) is 0 Å². The minimum Gasteiger partial charge on any atom is -0.394 e.